The summed E-state index contributed by atoms with van der Waals surface area (Å²) in [5.74, 6) is -0.162. The molecule has 3 rings (SSSR count). The minimum Gasteiger partial charge on any atom is -0.393 e. The van der Waals surface area contributed by atoms with E-state index < -0.39 is 0 Å². The summed E-state index contributed by atoms with van der Waals surface area (Å²) in [6.07, 6.45) is 4.34. The molecule has 1 aromatic heterocycles. The van der Waals surface area contributed by atoms with Crippen LogP contribution in [0.25, 0.3) is 11.3 Å². The molecule has 0 bridgehead atoms. The molecule has 1 aliphatic rings. The van der Waals surface area contributed by atoms with Crippen molar-refractivity contribution in [3.8, 4) is 11.3 Å². The number of hydrogen-bond acceptors (Lipinski definition) is 3. The van der Waals surface area contributed by atoms with Gasteiger partial charge in [-0.25, -0.2) is 0 Å². The Bertz CT molecular complexity index is 663. The molecule has 1 amide bonds. The fourth-order valence-corrected chi connectivity index (χ4v) is 3.04. The molecular formula is C16H18ClN3O2. The fraction of sp³-hybridized carbons (Fsp3) is 0.375. The van der Waals surface area contributed by atoms with Crippen LogP contribution in [0.3, 0.4) is 0 Å². The smallest absolute Gasteiger partial charge is 0.255 e. The van der Waals surface area contributed by atoms with E-state index in [2.05, 4.69) is 15.5 Å². The van der Waals surface area contributed by atoms with E-state index in [1.165, 1.54) is 6.20 Å². The van der Waals surface area contributed by atoms with Gasteiger partial charge in [0, 0.05) is 16.6 Å². The number of nitrogens with one attached hydrogen (secondary N) is 2. The molecule has 6 heteroatoms. The number of hydrogen-bond donors (Lipinski definition) is 3. The van der Waals surface area contributed by atoms with Gasteiger partial charge in [-0.2, -0.15) is 5.10 Å². The number of benzene rings is 1. The molecule has 116 valence electrons. The Kier molecular flexibility index (Phi) is 4.45. The van der Waals surface area contributed by atoms with Gasteiger partial charge in [-0.3, -0.25) is 9.89 Å². The van der Waals surface area contributed by atoms with Gasteiger partial charge in [-0.05, 0) is 31.7 Å². The molecule has 1 aliphatic carbocycles. The maximum atomic E-state index is 12.5. The number of H-pyrrole nitrogens is 1. The Balaban J connectivity index is 1.77. The molecule has 5 nitrogen and oxygen atoms in total. The van der Waals surface area contributed by atoms with E-state index in [0.29, 0.717) is 16.3 Å². The van der Waals surface area contributed by atoms with Crippen molar-refractivity contribution in [1.29, 1.82) is 0 Å². The van der Waals surface area contributed by atoms with Crippen LogP contribution in [0.2, 0.25) is 5.02 Å². The summed E-state index contributed by atoms with van der Waals surface area (Å²) in [4.78, 5) is 12.5. The first-order valence-electron chi connectivity index (χ1n) is 7.42. The number of carbonyl (C=O) groups is 1. The Morgan fingerprint density at radius 2 is 2.00 bits per heavy atom. The first kappa shape index (κ1) is 15.1. The zero-order valence-corrected chi connectivity index (χ0v) is 12.8. The van der Waals surface area contributed by atoms with Gasteiger partial charge in [-0.15, -0.1) is 0 Å². The van der Waals surface area contributed by atoms with Crippen molar-refractivity contribution in [1.82, 2.24) is 15.5 Å². The van der Waals surface area contributed by atoms with Crippen molar-refractivity contribution in [2.24, 2.45) is 0 Å². The molecule has 0 saturated heterocycles. The minimum absolute atomic E-state index is 0.102. The Hall–Kier alpha value is -1.85. The topological polar surface area (TPSA) is 78.0 Å². The molecule has 2 aromatic rings. The zero-order valence-electron chi connectivity index (χ0n) is 12.1. The normalized spacial score (nSPS) is 21.5. The van der Waals surface area contributed by atoms with Crippen LogP contribution in [0.5, 0.6) is 0 Å². The van der Waals surface area contributed by atoms with Crippen LogP contribution >= 0.6 is 11.6 Å². The van der Waals surface area contributed by atoms with E-state index in [1.54, 1.807) is 6.07 Å². The van der Waals surface area contributed by atoms with E-state index in [-0.39, 0.29) is 18.1 Å². The average molecular weight is 320 g/mol. The summed E-state index contributed by atoms with van der Waals surface area (Å²) in [5, 5.41) is 19.9. The molecule has 0 spiro atoms. The van der Waals surface area contributed by atoms with Crippen molar-refractivity contribution < 1.29 is 9.90 Å². The molecule has 1 fully saturated rings. The van der Waals surface area contributed by atoms with Gasteiger partial charge in [-0.1, -0.05) is 29.8 Å². The van der Waals surface area contributed by atoms with E-state index in [4.69, 9.17) is 11.6 Å². The second-order valence-corrected chi connectivity index (χ2v) is 6.02. The summed E-state index contributed by atoms with van der Waals surface area (Å²) in [7, 11) is 0. The van der Waals surface area contributed by atoms with Gasteiger partial charge in [0.2, 0.25) is 0 Å². The number of nitrogens with zero attached hydrogens (tertiary/aromatic N) is 1. The third kappa shape index (κ3) is 3.15. The van der Waals surface area contributed by atoms with Crippen LogP contribution in [0.15, 0.2) is 30.5 Å². The van der Waals surface area contributed by atoms with Gasteiger partial charge in [0.15, 0.2) is 0 Å². The highest BCUT2D eigenvalue weighted by molar-refractivity contribution is 6.33. The molecule has 1 heterocycles. The molecule has 1 aromatic carbocycles. The summed E-state index contributed by atoms with van der Waals surface area (Å²) >= 11 is 6.19. The van der Waals surface area contributed by atoms with Crippen molar-refractivity contribution in [2.75, 3.05) is 0 Å². The van der Waals surface area contributed by atoms with Crippen LogP contribution in [0, 0.1) is 0 Å². The van der Waals surface area contributed by atoms with Crippen LogP contribution in [-0.2, 0) is 0 Å². The van der Waals surface area contributed by atoms with E-state index in [9.17, 15) is 9.90 Å². The standard InChI is InChI=1S/C16H18ClN3O2/c17-14-4-2-1-3-12(14)15-13(9-18-20-15)16(22)19-10-5-7-11(21)8-6-10/h1-4,9-11,21H,5-8H2,(H,18,20)(H,19,22). The quantitative estimate of drug-likeness (QED) is 0.814. The van der Waals surface area contributed by atoms with E-state index >= 15 is 0 Å². The molecule has 3 N–H and O–H groups in total. The zero-order chi connectivity index (χ0) is 15.5. The SMILES string of the molecule is O=C(NC1CCC(O)CC1)c1cn[nH]c1-c1ccccc1Cl. The van der Waals surface area contributed by atoms with Crippen molar-refractivity contribution in [3.05, 3.63) is 41.0 Å². The van der Waals surface area contributed by atoms with E-state index in [1.807, 2.05) is 18.2 Å². The lowest BCUT2D eigenvalue weighted by atomic mass is 9.93. The number of rotatable bonds is 3. The number of aromatic amines is 1. The number of carbonyl (C=O) groups excluding carboxylic acids is 1. The molecule has 0 atom stereocenters. The van der Waals surface area contributed by atoms with Crippen LogP contribution in [0.1, 0.15) is 36.0 Å². The third-order valence-electron chi connectivity index (χ3n) is 4.06. The van der Waals surface area contributed by atoms with Crippen LogP contribution < -0.4 is 5.32 Å². The van der Waals surface area contributed by atoms with Crippen LogP contribution in [-0.4, -0.2) is 33.4 Å². The fourth-order valence-electron chi connectivity index (χ4n) is 2.81. The number of aliphatic hydroxyl groups excluding tert-OH is 1. The molecule has 0 radical (unpaired) electrons. The Morgan fingerprint density at radius 3 is 2.73 bits per heavy atom. The summed E-state index contributed by atoms with van der Waals surface area (Å²) in [6.45, 7) is 0. The monoisotopic (exact) mass is 319 g/mol. The molecule has 22 heavy (non-hydrogen) atoms. The van der Waals surface area contributed by atoms with E-state index in [0.717, 1.165) is 31.2 Å². The first-order valence-corrected chi connectivity index (χ1v) is 7.80. The lowest BCUT2D eigenvalue weighted by Gasteiger charge is -2.26. The lowest BCUT2D eigenvalue weighted by molar-refractivity contribution is 0.0868. The van der Waals surface area contributed by atoms with Crippen LogP contribution in [0.4, 0.5) is 0 Å². The maximum absolute atomic E-state index is 12.5. The highest BCUT2D eigenvalue weighted by atomic mass is 35.5. The molecular weight excluding hydrogens is 302 g/mol. The summed E-state index contributed by atoms with van der Waals surface area (Å²) < 4.78 is 0. The Morgan fingerprint density at radius 1 is 1.27 bits per heavy atom. The van der Waals surface area contributed by atoms with Crippen molar-refractivity contribution >= 4 is 17.5 Å². The molecule has 0 aliphatic heterocycles. The Labute approximate surface area is 133 Å². The number of aliphatic hydroxyl groups is 1. The second kappa shape index (κ2) is 6.50. The number of aromatic nitrogens is 2. The van der Waals surface area contributed by atoms with Gasteiger partial charge < -0.3 is 10.4 Å². The highest BCUT2D eigenvalue weighted by Gasteiger charge is 2.23. The highest BCUT2D eigenvalue weighted by Crippen LogP contribution is 2.28. The second-order valence-electron chi connectivity index (χ2n) is 5.62. The lowest BCUT2D eigenvalue weighted by Crippen LogP contribution is -2.38. The molecule has 0 unspecified atom stereocenters. The predicted molar refractivity (Wildman–Crippen MR) is 84.8 cm³/mol. The number of amides is 1. The first-order chi connectivity index (χ1) is 10.6. The largest absolute Gasteiger partial charge is 0.393 e. The van der Waals surface area contributed by atoms with Crippen molar-refractivity contribution in [3.63, 3.8) is 0 Å². The summed E-state index contributed by atoms with van der Waals surface area (Å²) in [5.41, 5.74) is 1.86. The third-order valence-corrected chi connectivity index (χ3v) is 4.39. The molecule has 1 saturated carbocycles. The average Bonchev–Trinajstić information content (AvgIpc) is 2.99. The van der Waals surface area contributed by atoms with Crippen molar-refractivity contribution in [2.45, 2.75) is 37.8 Å². The maximum Gasteiger partial charge on any atom is 0.255 e. The van der Waals surface area contributed by atoms with Gasteiger partial charge in [0.1, 0.15) is 0 Å². The van der Waals surface area contributed by atoms with Gasteiger partial charge in [0.05, 0.1) is 23.6 Å². The summed E-state index contributed by atoms with van der Waals surface area (Å²) in [6, 6.07) is 7.44. The number of halogens is 1. The predicted octanol–water partition coefficient (Wildman–Crippen LogP) is 2.76. The van der Waals surface area contributed by atoms with Gasteiger partial charge in [0.25, 0.3) is 5.91 Å². The minimum atomic E-state index is -0.235. The van der Waals surface area contributed by atoms with Gasteiger partial charge >= 0.3 is 0 Å².